The van der Waals surface area contributed by atoms with E-state index in [1.54, 1.807) is 39.6 Å². The van der Waals surface area contributed by atoms with Crippen LogP contribution in [0.15, 0.2) is 83.6 Å². The zero-order valence-electron chi connectivity index (χ0n) is 18.2. The number of hydrogen-bond acceptors (Lipinski definition) is 5. The number of benzene rings is 2. The highest BCUT2D eigenvalue weighted by Gasteiger charge is 2.13. The van der Waals surface area contributed by atoms with E-state index in [1.807, 2.05) is 31.2 Å². The number of thiophene rings is 1. The first-order valence-corrected chi connectivity index (χ1v) is 11.9. The van der Waals surface area contributed by atoms with Crippen LogP contribution >= 0.6 is 23.6 Å². The van der Waals surface area contributed by atoms with Crippen LogP contribution in [0.5, 0.6) is 0 Å². The van der Waals surface area contributed by atoms with E-state index in [1.165, 1.54) is 12.1 Å². The summed E-state index contributed by atoms with van der Waals surface area (Å²) in [6, 6.07) is 17.0. The minimum absolute atomic E-state index is 0.172. The van der Waals surface area contributed by atoms with Gasteiger partial charge in [0.15, 0.2) is 0 Å². The van der Waals surface area contributed by atoms with Gasteiger partial charge in [-0.25, -0.2) is 0 Å². The molecule has 166 valence electrons. The number of aromatic nitrogens is 2. The predicted octanol–water partition coefficient (Wildman–Crippen LogP) is 6.05. The van der Waals surface area contributed by atoms with Crippen molar-refractivity contribution in [2.75, 3.05) is 5.32 Å². The van der Waals surface area contributed by atoms with Gasteiger partial charge < -0.3 is 5.32 Å². The number of carbonyl (C=O) groups excluding carboxylic acids is 1. The molecule has 7 heteroatoms. The Morgan fingerprint density at radius 1 is 1.12 bits per heavy atom. The van der Waals surface area contributed by atoms with Crippen molar-refractivity contribution in [2.24, 2.45) is 0 Å². The third-order valence-electron chi connectivity index (χ3n) is 5.71. The topological polar surface area (TPSA) is 64.0 Å². The zero-order chi connectivity index (χ0) is 23.8. The summed E-state index contributed by atoms with van der Waals surface area (Å²) >= 11 is 6.66. The number of pyridine rings is 2. The molecule has 0 saturated heterocycles. The van der Waals surface area contributed by atoms with Gasteiger partial charge in [0, 0.05) is 39.0 Å². The van der Waals surface area contributed by atoms with Gasteiger partial charge >= 0.3 is 0 Å². The van der Waals surface area contributed by atoms with Crippen LogP contribution < -0.4 is 10.9 Å². The smallest absolute Gasteiger partial charge is 0.255 e. The van der Waals surface area contributed by atoms with Crippen LogP contribution in [0.3, 0.4) is 0 Å². The standard InChI is InChI=1S/C27H19N3O2S2/c1-3-25(31)29-24-12-20(7-4-16(24)2)30-26(32)9-6-18-13-28-23-8-5-17(11-22(23)27(18)30)19-10-21(14-33)34-15-19/h3-15H,1H2,2H3,(H,29,31). The van der Waals surface area contributed by atoms with Gasteiger partial charge in [0.1, 0.15) is 0 Å². The maximum atomic E-state index is 13.2. The number of nitrogens with one attached hydrogen (secondary N) is 1. The van der Waals surface area contributed by atoms with Gasteiger partial charge in [-0.3, -0.25) is 19.1 Å². The molecule has 5 nitrogen and oxygen atoms in total. The first-order valence-electron chi connectivity index (χ1n) is 10.5. The van der Waals surface area contributed by atoms with Crippen LogP contribution in [0, 0.1) is 6.92 Å². The summed E-state index contributed by atoms with van der Waals surface area (Å²) in [5.74, 6) is -0.309. The molecule has 0 bridgehead atoms. The Morgan fingerprint density at radius 3 is 2.74 bits per heavy atom. The Morgan fingerprint density at radius 2 is 1.97 bits per heavy atom. The van der Waals surface area contributed by atoms with E-state index in [4.69, 9.17) is 12.2 Å². The second-order valence-electron chi connectivity index (χ2n) is 7.85. The average molecular weight is 482 g/mol. The number of anilines is 1. The molecule has 1 amide bonds. The number of thiocarbonyl (C=S) groups is 1. The molecule has 5 aromatic rings. The summed E-state index contributed by atoms with van der Waals surface area (Å²) in [6.07, 6.45) is 2.99. The molecule has 0 atom stereocenters. The van der Waals surface area contributed by atoms with Crippen molar-refractivity contribution in [3.05, 3.63) is 99.6 Å². The molecule has 3 aromatic heterocycles. The molecule has 2 aromatic carbocycles. The molecule has 5 rings (SSSR count). The first-order chi connectivity index (χ1) is 16.5. The predicted molar refractivity (Wildman–Crippen MR) is 144 cm³/mol. The van der Waals surface area contributed by atoms with E-state index in [0.717, 1.165) is 43.4 Å². The lowest BCUT2D eigenvalue weighted by molar-refractivity contribution is -0.111. The highest BCUT2D eigenvalue weighted by Crippen LogP contribution is 2.32. The Balaban J connectivity index is 1.79. The van der Waals surface area contributed by atoms with E-state index >= 15 is 0 Å². The minimum Gasteiger partial charge on any atom is -0.322 e. The van der Waals surface area contributed by atoms with Gasteiger partial charge in [0.2, 0.25) is 5.91 Å². The molecule has 0 fully saturated rings. The van der Waals surface area contributed by atoms with Crippen LogP contribution in [0.4, 0.5) is 5.69 Å². The second-order valence-corrected chi connectivity index (χ2v) is 9.03. The summed E-state index contributed by atoms with van der Waals surface area (Å²) in [6.45, 7) is 5.41. The zero-order valence-corrected chi connectivity index (χ0v) is 19.9. The first kappa shape index (κ1) is 21.9. The van der Waals surface area contributed by atoms with Crippen molar-refractivity contribution in [1.82, 2.24) is 9.55 Å². The summed E-state index contributed by atoms with van der Waals surface area (Å²) in [4.78, 5) is 30.7. The fourth-order valence-electron chi connectivity index (χ4n) is 3.98. The van der Waals surface area contributed by atoms with Gasteiger partial charge in [-0.15, -0.1) is 11.3 Å². The normalized spacial score (nSPS) is 11.0. The van der Waals surface area contributed by atoms with Crippen LogP contribution in [-0.2, 0) is 4.79 Å². The molecule has 0 aliphatic carbocycles. The number of aryl methyl sites for hydroxylation is 1. The highest BCUT2D eigenvalue weighted by molar-refractivity contribution is 7.79. The summed E-state index contributed by atoms with van der Waals surface area (Å²) < 4.78 is 1.67. The van der Waals surface area contributed by atoms with Gasteiger partial charge in [-0.05, 0) is 71.5 Å². The summed E-state index contributed by atoms with van der Waals surface area (Å²) in [5.41, 5.74) is 5.61. The number of nitrogens with zero attached hydrogens (tertiary/aromatic N) is 2. The Labute approximate surface area is 205 Å². The van der Waals surface area contributed by atoms with Gasteiger partial charge in [-0.2, -0.15) is 0 Å². The average Bonchev–Trinajstić information content (AvgIpc) is 3.34. The van der Waals surface area contributed by atoms with Crippen molar-refractivity contribution in [3.8, 4) is 16.8 Å². The van der Waals surface area contributed by atoms with Crippen molar-refractivity contribution < 1.29 is 4.79 Å². The van der Waals surface area contributed by atoms with E-state index in [9.17, 15) is 9.59 Å². The largest absolute Gasteiger partial charge is 0.322 e. The molecular formula is C27H19N3O2S2. The van der Waals surface area contributed by atoms with Gasteiger partial charge in [0.25, 0.3) is 5.56 Å². The molecule has 0 aliphatic heterocycles. The monoisotopic (exact) mass is 481 g/mol. The lowest BCUT2D eigenvalue weighted by Gasteiger charge is -2.15. The van der Waals surface area contributed by atoms with E-state index in [0.29, 0.717) is 11.4 Å². The number of amides is 1. The maximum Gasteiger partial charge on any atom is 0.255 e. The van der Waals surface area contributed by atoms with Crippen LogP contribution in [-0.4, -0.2) is 20.8 Å². The molecule has 34 heavy (non-hydrogen) atoms. The van der Waals surface area contributed by atoms with E-state index < -0.39 is 0 Å². The van der Waals surface area contributed by atoms with Gasteiger partial charge in [0.05, 0.1) is 16.7 Å². The summed E-state index contributed by atoms with van der Waals surface area (Å²) in [7, 11) is 0. The molecular weight excluding hydrogens is 462 g/mol. The fourth-order valence-corrected chi connectivity index (χ4v) is 4.93. The molecule has 0 unspecified atom stereocenters. The van der Waals surface area contributed by atoms with Crippen molar-refractivity contribution in [1.29, 1.82) is 0 Å². The van der Waals surface area contributed by atoms with E-state index in [-0.39, 0.29) is 11.5 Å². The molecule has 0 saturated carbocycles. The Hall–Kier alpha value is -3.94. The molecule has 1 N–H and O–H groups in total. The second kappa shape index (κ2) is 8.78. The van der Waals surface area contributed by atoms with Crippen LogP contribution in [0.25, 0.3) is 38.6 Å². The quantitative estimate of drug-likeness (QED) is 0.189. The number of fused-ring (bicyclic) bond motifs is 3. The van der Waals surface area contributed by atoms with Crippen LogP contribution in [0.2, 0.25) is 0 Å². The molecule has 0 radical (unpaired) electrons. The fraction of sp³-hybridized carbons (Fsp3) is 0.0370. The Bertz CT molecular complexity index is 1680. The van der Waals surface area contributed by atoms with Crippen LogP contribution in [0.1, 0.15) is 10.4 Å². The SMILES string of the molecule is C=CC(=O)Nc1cc(-n2c(=O)ccc3cnc4ccc(-c5csc(C=S)c5)cc4c32)ccc1C. The minimum atomic E-state index is -0.309. The van der Waals surface area contributed by atoms with Gasteiger partial charge in [-0.1, -0.05) is 30.9 Å². The number of carbonyl (C=O) groups is 1. The molecule has 3 heterocycles. The number of rotatable bonds is 5. The van der Waals surface area contributed by atoms with E-state index in [2.05, 4.69) is 34.4 Å². The lowest BCUT2D eigenvalue weighted by atomic mass is 10.0. The number of hydrogen-bond donors (Lipinski definition) is 1. The van der Waals surface area contributed by atoms with Crippen molar-refractivity contribution in [3.63, 3.8) is 0 Å². The van der Waals surface area contributed by atoms with Crippen molar-refractivity contribution in [2.45, 2.75) is 6.92 Å². The lowest BCUT2D eigenvalue weighted by Crippen LogP contribution is -2.18. The maximum absolute atomic E-state index is 13.2. The Kier molecular flexibility index (Phi) is 5.65. The highest BCUT2D eigenvalue weighted by atomic mass is 32.1. The third kappa shape index (κ3) is 3.85. The summed E-state index contributed by atoms with van der Waals surface area (Å²) in [5, 5.41) is 8.26. The van der Waals surface area contributed by atoms with Crippen molar-refractivity contribution >= 4 is 62.3 Å². The third-order valence-corrected chi connectivity index (χ3v) is 6.99. The molecule has 0 spiro atoms. The molecule has 0 aliphatic rings.